The highest BCUT2D eigenvalue weighted by atomic mass is 32.2. The first kappa shape index (κ1) is 24.0. The number of thioether (sulfide) groups is 1. The molecule has 0 radical (unpaired) electrons. The minimum atomic E-state index is -0.215. The number of carbonyl (C=O) groups excluding carboxylic acids is 1. The van der Waals surface area contributed by atoms with E-state index in [-0.39, 0.29) is 17.2 Å². The van der Waals surface area contributed by atoms with Crippen LogP contribution in [0.4, 0.5) is 5.00 Å². The highest BCUT2D eigenvalue weighted by molar-refractivity contribution is 7.99. The van der Waals surface area contributed by atoms with Gasteiger partial charge in [0.05, 0.1) is 16.7 Å². The first-order valence-electron chi connectivity index (χ1n) is 11.2. The van der Waals surface area contributed by atoms with Crippen LogP contribution < -0.4 is 10.9 Å². The van der Waals surface area contributed by atoms with Gasteiger partial charge in [-0.05, 0) is 42.7 Å². The third-order valence-corrected chi connectivity index (χ3v) is 9.83. The number of aromatic nitrogens is 2. The van der Waals surface area contributed by atoms with Gasteiger partial charge in [0.1, 0.15) is 15.9 Å². The second-order valence-electron chi connectivity index (χ2n) is 8.12. The molecule has 0 saturated carbocycles. The van der Waals surface area contributed by atoms with Crippen molar-refractivity contribution >= 4 is 66.9 Å². The summed E-state index contributed by atoms with van der Waals surface area (Å²) in [6.07, 6.45) is 6.89. The Balaban J connectivity index is 1.39. The number of amides is 1. The molecule has 0 unspecified atom stereocenters. The van der Waals surface area contributed by atoms with Crippen LogP contribution in [0.2, 0.25) is 0 Å². The van der Waals surface area contributed by atoms with Crippen LogP contribution in [0.25, 0.3) is 20.7 Å². The molecule has 6 nitrogen and oxygen atoms in total. The molecule has 10 heteroatoms. The summed E-state index contributed by atoms with van der Waals surface area (Å²) >= 11 is 5.77. The zero-order valence-corrected chi connectivity index (χ0v) is 22.1. The summed E-state index contributed by atoms with van der Waals surface area (Å²) in [4.78, 5) is 33.9. The van der Waals surface area contributed by atoms with Crippen LogP contribution in [0.15, 0.2) is 45.5 Å². The lowest BCUT2D eigenvalue weighted by atomic mass is 10.1. The van der Waals surface area contributed by atoms with Crippen molar-refractivity contribution in [3.63, 3.8) is 0 Å². The number of anilines is 1. The van der Waals surface area contributed by atoms with Crippen LogP contribution in [0.5, 0.6) is 0 Å². The highest BCUT2D eigenvalue weighted by Crippen LogP contribution is 2.37. The number of hydrogen-bond acceptors (Lipinski definition) is 8. The van der Waals surface area contributed by atoms with Crippen LogP contribution >= 0.6 is 45.8 Å². The largest absolute Gasteiger partial charge is 0.316 e. The molecule has 4 aromatic rings. The molecule has 1 amide bonds. The molecule has 35 heavy (non-hydrogen) atoms. The van der Waals surface area contributed by atoms with Crippen molar-refractivity contribution in [3.05, 3.63) is 61.9 Å². The van der Waals surface area contributed by atoms with Gasteiger partial charge in [-0.1, -0.05) is 30.3 Å². The number of hydrogen-bond donors (Lipinski definition) is 1. The van der Waals surface area contributed by atoms with E-state index in [1.165, 1.54) is 45.7 Å². The number of rotatable bonds is 7. The smallest absolute Gasteiger partial charge is 0.263 e. The molecule has 1 N–H and O–H groups in total. The monoisotopic (exact) mass is 538 g/mol. The molecule has 4 aromatic heterocycles. The van der Waals surface area contributed by atoms with Crippen molar-refractivity contribution in [2.75, 3.05) is 11.1 Å². The molecule has 0 spiro atoms. The quantitative estimate of drug-likeness (QED) is 0.129. The van der Waals surface area contributed by atoms with Gasteiger partial charge in [0.25, 0.3) is 5.56 Å². The highest BCUT2D eigenvalue weighted by Gasteiger charge is 2.22. The molecule has 178 valence electrons. The molecular weight excluding hydrogens is 517 g/mol. The minimum absolute atomic E-state index is 0.0890. The van der Waals surface area contributed by atoms with Crippen LogP contribution in [-0.2, 0) is 24.2 Å². The summed E-state index contributed by atoms with van der Waals surface area (Å²) in [5.74, 6) is -0.126. The average molecular weight is 539 g/mol. The Labute approximate surface area is 219 Å². The van der Waals surface area contributed by atoms with Gasteiger partial charge >= 0.3 is 0 Å². The SMILES string of the molecule is C=CCn1c(SCC(=O)Nc2sc3c(c2C#N)CCCCC3)nc2scc(-c3cccs3)c2c1=O. The van der Waals surface area contributed by atoms with Gasteiger partial charge in [-0.15, -0.1) is 40.6 Å². The summed E-state index contributed by atoms with van der Waals surface area (Å²) in [6.45, 7) is 4.09. The number of thiophene rings is 3. The number of nitrogens with zero attached hydrogens (tertiary/aromatic N) is 3. The second kappa shape index (κ2) is 10.5. The molecule has 0 aliphatic heterocycles. The lowest BCUT2D eigenvalue weighted by Gasteiger charge is -2.10. The Morgan fingerprint density at radius 2 is 2.17 bits per heavy atom. The number of allylic oxidation sites excluding steroid dienone is 1. The number of fused-ring (bicyclic) bond motifs is 2. The molecule has 0 aromatic carbocycles. The van der Waals surface area contributed by atoms with Crippen molar-refractivity contribution < 1.29 is 4.79 Å². The molecule has 0 fully saturated rings. The molecule has 1 aliphatic carbocycles. The van der Waals surface area contributed by atoms with Gasteiger partial charge in [0.2, 0.25) is 5.91 Å². The fourth-order valence-corrected chi connectivity index (χ4v) is 8.13. The lowest BCUT2D eigenvalue weighted by molar-refractivity contribution is -0.113. The standard InChI is InChI=1S/C25H22N4O2S4/c1-2-10-29-24(31)21-17(18-9-6-11-32-18)13-33-23(21)28-25(29)34-14-20(30)27-22-16(12-26)15-7-4-3-5-8-19(15)35-22/h2,6,9,11,13H,1,3-5,7-8,10,14H2,(H,27,30). The van der Waals surface area contributed by atoms with Gasteiger partial charge in [-0.3, -0.25) is 14.2 Å². The van der Waals surface area contributed by atoms with E-state index in [2.05, 4.69) is 18.0 Å². The zero-order valence-electron chi connectivity index (χ0n) is 18.8. The van der Waals surface area contributed by atoms with E-state index in [0.717, 1.165) is 41.7 Å². The molecule has 0 saturated heterocycles. The van der Waals surface area contributed by atoms with Crippen molar-refractivity contribution in [1.29, 1.82) is 5.26 Å². The maximum absolute atomic E-state index is 13.4. The third-order valence-electron chi connectivity index (χ3n) is 5.88. The molecule has 0 bridgehead atoms. The van der Waals surface area contributed by atoms with E-state index >= 15 is 0 Å². The molecule has 5 rings (SSSR count). The fraction of sp³-hybridized carbons (Fsp3) is 0.280. The molecular formula is C25H22N4O2S4. The van der Waals surface area contributed by atoms with E-state index in [4.69, 9.17) is 4.98 Å². The third kappa shape index (κ3) is 4.74. The molecule has 0 atom stereocenters. The van der Waals surface area contributed by atoms with Crippen molar-refractivity contribution in [2.24, 2.45) is 0 Å². The Kier molecular flexibility index (Phi) is 7.20. The topological polar surface area (TPSA) is 87.8 Å². The minimum Gasteiger partial charge on any atom is -0.316 e. The van der Waals surface area contributed by atoms with Gasteiger partial charge in [0.15, 0.2) is 5.16 Å². The summed E-state index contributed by atoms with van der Waals surface area (Å²) in [7, 11) is 0. The van der Waals surface area contributed by atoms with Crippen LogP contribution in [-0.4, -0.2) is 21.2 Å². The average Bonchev–Trinajstić information content (AvgIpc) is 3.55. The molecule has 4 heterocycles. The second-order valence-corrected chi connectivity index (χ2v) is 12.0. The number of nitrogens with one attached hydrogen (secondary N) is 1. The van der Waals surface area contributed by atoms with Gasteiger partial charge < -0.3 is 5.32 Å². The maximum Gasteiger partial charge on any atom is 0.263 e. The number of aryl methyl sites for hydroxylation is 1. The van der Waals surface area contributed by atoms with E-state index in [1.807, 2.05) is 22.9 Å². The maximum atomic E-state index is 13.4. The lowest BCUT2D eigenvalue weighted by Crippen LogP contribution is -2.23. The zero-order chi connectivity index (χ0) is 24.4. The molecule has 1 aliphatic rings. The van der Waals surface area contributed by atoms with Crippen LogP contribution in [0.3, 0.4) is 0 Å². The fourth-order valence-electron chi connectivity index (χ4n) is 4.26. The van der Waals surface area contributed by atoms with E-state index < -0.39 is 0 Å². The predicted octanol–water partition coefficient (Wildman–Crippen LogP) is 6.31. The number of nitriles is 1. The van der Waals surface area contributed by atoms with Gasteiger partial charge in [-0.2, -0.15) is 5.26 Å². The summed E-state index contributed by atoms with van der Waals surface area (Å²) in [5, 5.41) is 18.3. The Morgan fingerprint density at radius 1 is 1.31 bits per heavy atom. The first-order chi connectivity index (χ1) is 17.1. The Morgan fingerprint density at radius 3 is 2.94 bits per heavy atom. The van der Waals surface area contributed by atoms with Crippen LogP contribution in [0.1, 0.15) is 35.3 Å². The van der Waals surface area contributed by atoms with Crippen molar-refractivity contribution in [3.8, 4) is 16.5 Å². The van der Waals surface area contributed by atoms with E-state index in [9.17, 15) is 14.9 Å². The Bertz CT molecular complexity index is 1500. The summed E-state index contributed by atoms with van der Waals surface area (Å²) in [6, 6.07) is 6.26. The van der Waals surface area contributed by atoms with Crippen LogP contribution in [0, 0.1) is 11.3 Å². The van der Waals surface area contributed by atoms with E-state index in [0.29, 0.717) is 32.5 Å². The summed E-state index contributed by atoms with van der Waals surface area (Å²) in [5.41, 5.74) is 2.47. The van der Waals surface area contributed by atoms with Gasteiger partial charge in [-0.25, -0.2) is 4.98 Å². The normalized spacial score (nSPS) is 13.2. The summed E-state index contributed by atoms with van der Waals surface area (Å²) < 4.78 is 1.57. The van der Waals surface area contributed by atoms with Gasteiger partial charge in [0, 0.05) is 27.2 Å². The first-order valence-corrected chi connectivity index (χ1v) is 14.8. The van der Waals surface area contributed by atoms with Crippen molar-refractivity contribution in [2.45, 2.75) is 43.8 Å². The Hall–Kier alpha value is -2.71. The van der Waals surface area contributed by atoms with Crippen molar-refractivity contribution in [1.82, 2.24) is 9.55 Å². The van der Waals surface area contributed by atoms with E-state index in [1.54, 1.807) is 22.0 Å². The predicted molar refractivity (Wildman–Crippen MR) is 147 cm³/mol. The number of carbonyl (C=O) groups is 1.